The lowest BCUT2D eigenvalue weighted by atomic mass is 10.2. The molecule has 1 heterocycles. The quantitative estimate of drug-likeness (QED) is 0.465. The van der Waals surface area contributed by atoms with Gasteiger partial charge in [-0.1, -0.05) is 12.2 Å². The summed E-state index contributed by atoms with van der Waals surface area (Å²) in [7, 11) is 1.57. The Kier molecular flexibility index (Phi) is 6.10. The van der Waals surface area contributed by atoms with Gasteiger partial charge in [0.15, 0.2) is 5.82 Å². The van der Waals surface area contributed by atoms with Crippen LogP contribution in [0.2, 0.25) is 0 Å². The summed E-state index contributed by atoms with van der Waals surface area (Å²) < 4.78 is 4.85. The molecule has 19 heavy (non-hydrogen) atoms. The molecule has 0 saturated heterocycles. The van der Waals surface area contributed by atoms with Crippen LogP contribution in [0.25, 0.3) is 0 Å². The van der Waals surface area contributed by atoms with Gasteiger partial charge in [-0.15, -0.1) is 5.10 Å². The number of methoxy groups -OCH3 is 1. The van der Waals surface area contributed by atoms with E-state index >= 15 is 0 Å². The second-order valence-corrected chi connectivity index (χ2v) is 4.25. The third kappa shape index (κ3) is 4.76. The monoisotopic (exact) mass is 283 g/mol. The number of aromatic nitrogens is 2. The molecule has 1 unspecified atom stereocenters. The standard InChI is InChI=1S/C11H17N5O2S/c1-7(11(17)13-5-6-18-2)15-10-8(9(12)19)3-4-14-16-10/h3-4,7H,5-6H2,1-2H3,(H2,12,19)(H,13,17)(H,15,16). The van der Waals surface area contributed by atoms with E-state index in [0.717, 1.165) is 0 Å². The van der Waals surface area contributed by atoms with E-state index in [-0.39, 0.29) is 10.9 Å². The minimum Gasteiger partial charge on any atom is -0.389 e. The number of nitrogens with zero attached hydrogens (tertiary/aromatic N) is 2. The van der Waals surface area contributed by atoms with Crippen molar-refractivity contribution in [1.29, 1.82) is 0 Å². The number of carbonyl (C=O) groups is 1. The van der Waals surface area contributed by atoms with E-state index in [4.69, 9.17) is 22.7 Å². The van der Waals surface area contributed by atoms with E-state index in [1.54, 1.807) is 20.1 Å². The molecule has 0 aliphatic heterocycles. The zero-order valence-corrected chi connectivity index (χ0v) is 11.7. The van der Waals surface area contributed by atoms with Gasteiger partial charge in [-0.05, 0) is 13.0 Å². The summed E-state index contributed by atoms with van der Waals surface area (Å²) >= 11 is 4.91. The van der Waals surface area contributed by atoms with Crippen molar-refractivity contribution < 1.29 is 9.53 Å². The number of nitrogens with two attached hydrogens (primary N) is 1. The molecule has 0 fully saturated rings. The Morgan fingerprint density at radius 2 is 2.37 bits per heavy atom. The van der Waals surface area contributed by atoms with Crippen LogP contribution >= 0.6 is 12.2 Å². The lowest BCUT2D eigenvalue weighted by Crippen LogP contribution is -2.39. The lowest BCUT2D eigenvalue weighted by Gasteiger charge is -2.15. The van der Waals surface area contributed by atoms with Crippen molar-refractivity contribution in [3.8, 4) is 0 Å². The number of hydrogen-bond acceptors (Lipinski definition) is 6. The van der Waals surface area contributed by atoms with Gasteiger partial charge in [0.2, 0.25) is 5.91 Å². The molecule has 0 aromatic carbocycles. The maximum atomic E-state index is 11.8. The molecule has 1 rings (SSSR count). The minimum atomic E-state index is -0.485. The first-order chi connectivity index (χ1) is 9.06. The Morgan fingerprint density at radius 3 is 3.00 bits per heavy atom. The van der Waals surface area contributed by atoms with Crippen LogP contribution in [-0.4, -0.2) is 47.4 Å². The molecule has 8 heteroatoms. The second kappa shape index (κ2) is 7.59. The van der Waals surface area contributed by atoms with Crippen LogP contribution in [0.15, 0.2) is 12.3 Å². The lowest BCUT2D eigenvalue weighted by molar-refractivity contribution is -0.121. The summed E-state index contributed by atoms with van der Waals surface area (Å²) in [6.07, 6.45) is 1.49. The van der Waals surface area contributed by atoms with Gasteiger partial charge in [0.25, 0.3) is 0 Å². The molecule has 0 radical (unpaired) electrons. The fraction of sp³-hybridized carbons (Fsp3) is 0.455. The predicted octanol–water partition coefficient (Wildman–Crippen LogP) is -0.326. The van der Waals surface area contributed by atoms with Crippen molar-refractivity contribution in [3.63, 3.8) is 0 Å². The zero-order chi connectivity index (χ0) is 14.3. The molecule has 4 N–H and O–H groups in total. The highest BCUT2D eigenvalue weighted by molar-refractivity contribution is 7.80. The zero-order valence-electron chi connectivity index (χ0n) is 10.8. The molecule has 0 aliphatic carbocycles. The maximum Gasteiger partial charge on any atom is 0.242 e. The molecule has 0 spiro atoms. The number of thiocarbonyl (C=S) groups is 1. The highest BCUT2D eigenvalue weighted by Crippen LogP contribution is 2.11. The molecule has 0 saturated carbocycles. The topological polar surface area (TPSA) is 102 Å². The summed E-state index contributed by atoms with van der Waals surface area (Å²) in [5, 5.41) is 13.3. The molecular weight excluding hydrogens is 266 g/mol. The Morgan fingerprint density at radius 1 is 1.63 bits per heavy atom. The molecule has 1 aromatic heterocycles. The van der Waals surface area contributed by atoms with Crippen LogP contribution in [0.1, 0.15) is 12.5 Å². The predicted molar refractivity (Wildman–Crippen MR) is 75.9 cm³/mol. The smallest absolute Gasteiger partial charge is 0.242 e. The van der Waals surface area contributed by atoms with Gasteiger partial charge in [0.05, 0.1) is 18.4 Å². The van der Waals surface area contributed by atoms with Crippen LogP contribution < -0.4 is 16.4 Å². The first-order valence-corrected chi connectivity index (χ1v) is 6.11. The van der Waals surface area contributed by atoms with Crippen LogP contribution in [-0.2, 0) is 9.53 Å². The molecular formula is C11H17N5O2S. The van der Waals surface area contributed by atoms with Crippen molar-refractivity contribution in [2.24, 2.45) is 5.73 Å². The van der Waals surface area contributed by atoms with Crippen LogP contribution in [0.4, 0.5) is 5.82 Å². The summed E-state index contributed by atoms with van der Waals surface area (Å²) in [6.45, 7) is 2.62. The molecule has 7 nitrogen and oxygen atoms in total. The largest absolute Gasteiger partial charge is 0.389 e. The van der Waals surface area contributed by atoms with Crippen molar-refractivity contribution >= 4 is 28.9 Å². The highest BCUT2D eigenvalue weighted by atomic mass is 32.1. The molecule has 0 aliphatic rings. The van der Waals surface area contributed by atoms with Gasteiger partial charge in [-0.3, -0.25) is 4.79 Å². The average Bonchev–Trinajstić information content (AvgIpc) is 2.39. The molecule has 0 bridgehead atoms. The summed E-state index contributed by atoms with van der Waals surface area (Å²) in [4.78, 5) is 12.0. The number of hydrogen-bond donors (Lipinski definition) is 3. The number of carbonyl (C=O) groups excluding carboxylic acids is 1. The van der Waals surface area contributed by atoms with Crippen LogP contribution in [0, 0.1) is 0 Å². The van der Waals surface area contributed by atoms with E-state index < -0.39 is 6.04 Å². The molecule has 1 atom stereocenters. The highest BCUT2D eigenvalue weighted by Gasteiger charge is 2.15. The number of anilines is 1. The van der Waals surface area contributed by atoms with E-state index in [0.29, 0.717) is 24.5 Å². The number of ether oxygens (including phenoxy) is 1. The summed E-state index contributed by atoms with van der Waals surface area (Å²) in [6, 6.07) is 1.16. The third-order valence-electron chi connectivity index (χ3n) is 2.34. The Hall–Kier alpha value is -1.80. The SMILES string of the molecule is COCCNC(=O)C(C)Nc1nnccc1C(N)=S. The van der Waals surface area contributed by atoms with Crippen molar-refractivity contribution in [2.75, 3.05) is 25.6 Å². The summed E-state index contributed by atoms with van der Waals surface area (Å²) in [5.41, 5.74) is 6.13. The molecule has 1 aromatic rings. The average molecular weight is 283 g/mol. The van der Waals surface area contributed by atoms with E-state index in [1.807, 2.05) is 0 Å². The normalized spacial score (nSPS) is 11.7. The number of nitrogens with one attached hydrogen (secondary N) is 2. The van der Waals surface area contributed by atoms with Gasteiger partial charge in [-0.25, -0.2) is 0 Å². The van der Waals surface area contributed by atoms with E-state index in [9.17, 15) is 4.79 Å². The second-order valence-electron chi connectivity index (χ2n) is 3.81. The van der Waals surface area contributed by atoms with Gasteiger partial charge < -0.3 is 21.1 Å². The van der Waals surface area contributed by atoms with Crippen molar-refractivity contribution in [3.05, 3.63) is 17.8 Å². The van der Waals surface area contributed by atoms with Crippen molar-refractivity contribution in [2.45, 2.75) is 13.0 Å². The maximum absolute atomic E-state index is 11.8. The fourth-order valence-corrected chi connectivity index (χ4v) is 1.50. The van der Waals surface area contributed by atoms with Gasteiger partial charge >= 0.3 is 0 Å². The van der Waals surface area contributed by atoms with Crippen molar-refractivity contribution in [1.82, 2.24) is 15.5 Å². The van der Waals surface area contributed by atoms with Crippen LogP contribution in [0.3, 0.4) is 0 Å². The Balaban J connectivity index is 2.63. The first kappa shape index (κ1) is 15.3. The third-order valence-corrected chi connectivity index (χ3v) is 2.56. The van der Waals surface area contributed by atoms with Crippen LogP contribution in [0.5, 0.6) is 0 Å². The van der Waals surface area contributed by atoms with Gasteiger partial charge in [-0.2, -0.15) is 5.10 Å². The Labute approximate surface area is 116 Å². The van der Waals surface area contributed by atoms with Gasteiger partial charge in [0, 0.05) is 13.7 Å². The number of rotatable bonds is 7. The van der Waals surface area contributed by atoms with Gasteiger partial charge in [0.1, 0.15) is 11.0 Å². The first-order valence-electron chi connectivity index (χ1n) is 5.71. The molecule has 104 valence electrons. The fourth-order valence-electron chi connectivity index (χ4n) is 1.34. The van der Waals surface area contributed by atoms with E-state index in [2.05, 4.69) is 20.8 Å². The molecule has 1 amide bonds. The Bertz CT molecular complexity index is 454. The minimum absolute atomic E-state index is 0.170. The summed E-state index contributed by atoms with van der Waals surface area (Å²) in [5.74, 6) is 0.223. The van der Waals surface area contributed by atoms with E-state index in [1.165, 1.54) is 6.20 Å². The number of amides is 1.